The van der Waals surface area contributed by atoms with E-state index in [1.807, 2.05) is 6.07 Å². The minimum absolute atomic E-state index is 0.150. The molecule has 5 nitrogen and oxygen atoms in total. The maximum absolute atomic E-state index is 13.9. The Labute approximate surface area is 197 Å². The summed E-state index contributed by atoms with van der Waals surface area (Å²) < 4.78 is 55.2. The van der Waals surface area contributed by atoms with Crippen molar-refractivity contribution in [3.05, 3.63) is 99.9 Å². The molecule has 0 radical (unpaired) electrons. The lowest BCUT2D eigenvalue weighted by Crippen LogP contribution is -2.21. The van der Waals surface area contributed by atoms with Crippen molar-refractivity contribution in [3.8, 4) is 34.1 Å². The lowest BCUT2D eigenvalue weighted by Gasteiger charge is -2.19. The van der Waals surface area contributed by atoms with Gasteiger partial charge in [-0.2, -0.15) is 18.4 Å². The molecule has 0 aliphatic rings. The zero-order valence-electron chi connectivity index (χ0n) is 18.3. The number of hydrogen-bond donors (Lipinski definition) is 0. The molecule has 9 heteroatoms. The van der Waals surface area contributed by atoms with E-state index in [1.165, 1.54) is 12.3 Å². The van der Waals surface area contributed by atoms with Crippen LogP contribution in [-0.2, 0) is 6.18 Å². The van der Waals surface area contributed by atoms with Crippen molar-refractivity contribution in [2.75, 3.05) is 0 Å². The predicted molar refractivity (Wildman–Crippen MR) is 124 cm³/mol. The molecule has 0 N–H and O–H groups in total. The molecule has 0 bridgehead atoms. The van der Waals surface area contributed by atoms with Gasteiger partial charge in [-0.05, 0) is 67.2 Å². The monoisotopic (exact) mass is 476 g/mol. The molecule has 0 saturated carbocycles. The topological polar surface area (TPSA) is 71.0 Å². The minimum Gasteiger partial charge on any atom is -0.277 e. The number of alkyl halides is 3. The Morgan fingerprint density at radius 2 is 1.77 bits per heavy atom. The van der Waals surface area contributed by atoms with Crippen molar-refractivity contribution in [1.29, 1.82) is 5.26 Å². The molecular formula is C26H16F4N4O. The Kier molecular flexibility index (Phi) is 6.05. The van der Waals surface area contributed by atoms with Crippen LogP contribution >= 0.6 is 0 Å². The first-order chi connectivity index (χ1) is 16.6. The van der Waals surface area contributed by atoms with Crippen LogP contribution in [0.25, 0.3) is 28.1 Å². The van der Waals surface area contributed by atoms with E-state index in [1.54, 1.807) is 43.3 Å². The predicted octanol–water partition coefficient (Wildman–Crippen LogP) is 6.24. The van der Waals surface area contributed by atoms with Crippen molar-refractivity contribution >= 4 is 12.4 Å². The number of halogens is 4. The molecule has 0 spiro atoms. The van der Waals surface area contributed by atoms with Crippen LogP contribution in [0.5, 0.6) is 0 Å². The molecule has 0 aliphatic heterocycles. The van der Waals surface area contributed by atoms with Gasteiger partial charge in [0.1, 0.15) is 17.6 Å². The van der Waals surface area contributed by atoms with E-state index >= 15 is 0 Å². The molecule has 2 aromatic heterocycles. The molecule has 4 aromatic rings. The van der Waals surface area contributed by atoms with Crippen LogP contribution < -0.4 is 5.56 Å². The summed E-state index contributed by atoms with van der Waals surface area (Å²) in [5, 5.41) is 8.98. The second kappa shape index (κ2) is 8.99. The van der Waals surface area contributed by atoms with Gasteiger partial charge < -0.3 is 0 Å². The number of hydrogen-bond acceptors (Lipinski definition) is 4. The van der Waals surface area contributed by atoms with E-state index in [0.29, 0.717) is 40.1 Å². The maximum atomic E-state index is 13.9. The molecule has 4 rings (SSSR count). The van der Waals surface area contributed by atoms with E-state index in [9.17, 15) is 22.4 Å². The Morgan fingerprint density at radius 1 is 1.03 bits per heavy atom. The first-order valence-electron chi connectivity index (χ1n) is 10.2. The molecular weight excluding hydrogens is 460 g/mol. The number of rotatable bonds is 4. The normalized spacial score (nSPS) is 11.2. The summed E-state index contributed by atoms with van der Waals surface area (Å²) in [4.78, 5) is 21.0. The highest BCUT2D eigenvalue weighted by Gasteiger charge is 2.34. The number of pyridine rings is 2. The average Bonchev–Trinajstić information content (AvgIpc) is 2.84. The highest BCUT2D eigenvalue weighted by molar-refractivity contribution is 5.83. The maximum Gasteiger partial charge on any atom is 0.419 e. The molecule has 0 unspecified atom stereocenters. The zero-order valence-corrected chi connectivity index (χ0v) is 18.3. The van der Waals surface area contributed by atoms with Gasteiger partial charge in [0.2, 0.25) is 0 Å². The number of aromatic nitrogens is 2. The summed E-state index contributed by atoms with van der Waals surface area (Å²) in [5.74, 6) is -1.44. The number of nitrogens with zero attached hydrogens (tertiary/aromatic N) is 4. The SMILES string of the molecule is C=Nc1ccc(-c2ccc(C#N)nc2)cc1-c1c(C)ccc(=O)n1-c1ccc(F)c(C(F)(F)F)c1. The molecule has 0 aliphatic carbocycles. The molecule has 35 heavy (non-hydrogen) atoms. The van der Waals surface area contributed by atoms with Gasteiger partial charge >= 0.3 is 6.18 Å². The minimum atomic E-state index is -4.94. The van der Waals surface area contributed by atoms with Crippen LogP contribution in [0.3, 0.4) is 0 Å². The van der Waals surface area contributed by atoms with Crippen molar-refractivity contribution < 1.29 is 17.6 Å². The van der Waals surface area contributed by atoms with Crippen molar-refractivity contribution in [1.82, 2.24) is 9.55 Å². The van der Waals surface area contributed by atoms with Gasteiger partial charge in [-0.3, -0.25) is 14.4 Å². The average molecular weight is 476 g/mol. The summed E-state index contributed by atoms with van der Waals surface area (Å²) in [5.41, 5.74) is 1.01. The van der Waals surface area contributed by atoms with Gasteiger partial charge in [0.25, 0.3) is 5.56 Å². The molecule has 0 amide bonds. The van der Waals surface area contributed by atoms with E-state index in [4.69, 9.17) is 5.26 Å². The van der Waals surface area contributed by atoms with Crippen LogP contribution in [0.1, 0.15) is 16.8 Å². The quantitative estimate of drug-likeness (QED) is 0.259. The summed E-state index contributed by atoms with van der Waals surface area (Å²) in [7, 11) is 0. The number of aliphatic imine (C=N–C) groups is 1. The van der Waals surface area contributed by atoms with Crippen molar-refractivity contribution in [2.45, 2.75) is 13.1 Å². The number of aryl methyl sites for hydroxylation is 1. The van der Waals surface area contributed by atoms with Crippen molar-refractivity contribution in [2.24, 2.45) is 4.99 Å². The van der Waals surface area contributed by atoms with Gasteiger partial charge in [0, 0.05) is 23.4 Å². The fraction of sp³-hybridized carbons (Fsp3) is 0.0769. The Bertz CT molecular complexity index is 1550. The Morgan fingerprint density at radius 3 is 2.40 bits per heavy atom. The third-order valence-electron chi connectivity index (χ3n) is 5.44. The summed E-state index contributed by atoms with van der Waals surface area (Å²) in [6.45, 7) is 5.27. The second-order valence-electron chi connectivity index (χ2n) is 7.63. The number of benzene rings is 2. The molecule has 174 valence electrons. The van der Waals surface area contributed by atoms with Crippen LogP contribution in [0.4, 0.5) is 23.2 Å². The summed E-state index contributed by atoms with van der Waals surface area (Å²) in [6, 6.07) is 15.5. The van der Waals surface area contributed by atoms with Gasteiger partial charge in [0.15, 0.2) is 0 Å². The van der Waals surface area contributed by atoms with Crippen molar-refractivity contribution in [3.63, 3.8) is 0 Å². The lowest BCUT2D eigenvalue weighted by atomic mass is 9.98. The lowest BCUT2D eigenvalue weighted by molar-refractivity contribution is -0.140. The van der Waals surface area contributed by atoms with E-state index in [0.717, 1.165) is 10.6 Å². The van der Waals surface area contributed by atoms with Gasteiger partial charge in [0.05, 0.1) is 22.6 Å². The highest BCUT2D eigenvalue weighted by atomic mass is 19.4. The third kappa shape index (κ3) is 4.46. The molecule has 0 saturated heterocycles. The van der Waals surface area contributed by atoms with E-state index in [2.05, 4.69) is 16.7 Å². The highest BCUT2D eigenvalue weighted by Crippen LogP contribution is 2.38. The third-order valence-corrected chi connectivity index (χ3v) is 5.44. The fourth-order valence-electron chi connectivity index (χ4n) is 3.77. The van der Waals surface area contributed by atoms with Crippen LogP contribution in [-0.4, -0.2) is 16.3 Å². The largest absolute Gasteiger partial charge is 0.419 e. The van der Waals surface area contributed by atoms with E-state index in [-0.39, 0.29) is 17.1 Å². The van der Waals surface area contributed by atoms with Gasteiger partial charge in [-0.15, -0.1) is 0 Å². The fourth-order valence-corrected chi connectivity index (χ4v) is 3.77. The molecule has 0 fully saturated rings. The van der Waals surface area contributed by atoms with E-state index < -0.39 is 23.1 Å². The summed E-state index contributed by atoms with van der Waals surface area (Å²) >= 11 is 0. The van der Waals surface area contributed by atoms with Crippen LogP contribution in [0, 0.1) is 24.1 Å². The summed E-state index contributed by atoms with van der Waals surface area (Å²) in [6.07, 6.45) is -3.43. The standard InChI is InChI=1S/C26H16F4N4O/c1-15-3-10-24(35)34(19-7-8-22(27)21(12-19)26(28,29)30)25(15)20-11-16(5-9-23(20)32-2)17-4-6-18(13-31)33-14-17/h3-12,14H,2H2,1H3. The first kappa shape index (κ1) is 23.6. The van der Waals surface area contributed by atoms with Gasteiger partial charge in [-0.1, -0.05) is 12.1 Å². The van der Waals surface area contributed by atoms with Crippen LogP contribution in [0.2, 0.25) is 0 Å². The molecule has 0 atom stereocenters. The number of nitriles is 1. The Balaban J connectivity index is 2.00. The molecule has 2 aromatic carbocycles. The zero-order chi connectivity index (χ0) is 25.3. The second-order valence-corrected chi connectivity index (χ2v) is 7.63. The molecule has 2 heterocycles. The van der Waals surface area contributed by atoms with Gasteiger partial charge in [-0.25, -0.2) is 9.37 Å². The smallest absolute Gasteiger partial charge is 0.277 e. The Hall–Kier alpha value is -4.58. The van der Waals surface area contributed by atoms with Crippen LogP contribution in [0.15, 0.2) is 76.6 Å². The first-order valence-corrected chi connectivity index (χ1v) is 10.2.